The lowest BCUT2D eigenvalue weighted by molar-refractivity contribution is 0.0712. The Morgan fingerprint density at radius 1 is 1.35 bits per heavy atom. The second-order valence-electron chi connectivity index (χ2n) is 5.71. The Kier molecular flexibility index (Phi) is 4.16. The fraction of sp³-hybridized carbons (Fsp3) is 0.400. The van der Waals surface area contributed by atoms with Gasteiger partial charge in [0.05, 0.1) is 29.6 Å². The Morgan fingerprint density at radius 2 is 2.17 bits per heavy atom. The Morgan fingerprint density at radius 3 is 2.91 bits per heavy atom. The first-order valence-corrected chi connectivity index (χ1v) is 9.26. The molecule has 8 heteroatoms. The zero-order valence-electron chi connectivity index (χ0n) is 12.8. The van der Waals surface area contributed by atoms with Gasteiger partial charge in [-0.2, -0.15) is 0 Å². The van der Waals surface area contributed by atoms with E-state index in [1.54, 1.807) is 47.1 Å². The number of hydrogen-bond donors (Lipinski definition) is 0. The maximum atomic E-state index is 12.8. The number of nitrogens with zero attached hydrogens (tertiary/aromatic N) is 4. The van der Waals surface area contributed by atoms with Gasteiger partial charge in [-0.15, -0.1) is 5.10 Å². The summed E-state index contributed by atoms with van der Waals surface area (Å²) < 4.78 is 25.3. The van der Waals surface area contributed by atoms with Crippen LogP contribution in [0.25, 0.3) is 5.69 Å². The van der Waals surface area contributed by atoms with Gasteiger partial charge < -0.3 is 4.90 Å². The van der Waals surface area contributed by atoms with Crippen molar-refractivity contribution >= 4 is 15.7 Å². The highest BCUT2D eigenvalue weighted by atomic mass is 32.2. The first kappa shape index (κ1) is 15.7. The van der Waals surface area contributed by atoms with E-state index in [1.165, 1.54) is 0 Å². The van der Waals surface area contributed by atoms with Crippen LogP contribution in [0.1, 0.15) is 23.7 Å². The Balaban J connectivity index is 1.87. The highest BCUT2D eigenvalue weighted by Crippen LogP contribution is 2.17. The van der Waals surface area contributed by atoms with Crippen molar-refractivity contribution in [3.8, 4) is 5.69 Å². The molecule has 0 N–H and O–H groups in total. The molecule has 0 spiro atoms. The Bertz CT molecular complexity index is 802. The smallest absolute Gasteiger partial charge is 0.254 e. The summed E-state index contributed by atoms with van der Waals surface area (Å²) in [6.45, 7) is 2.23. The van der Waals surface area contributed by atoms with Crippen molar-refractivity contribution in [3.05, 3.63) is 42.2 Å². The van der Waals surface area contributed by atoms with E-state index in [9.17, 15) is 13.2 Å². The van der Waals surface area contributed by atoms with Crippen LogP contribution >= 0.6 is 0 Å². The van der Waals surface area contributed by atoms with Crippen LogP contribution in [0.5, 0.6) is 0 Å². The molecular weight excluding hydrogens is 316 g/mol. The summed E-state index contributed by atoms with van der Waals surface area (Å²) in [4.78, 5) is 14.4. The van der Waals surface area contributed by atoms with E-state index in [2.05, 4.69) is 10.3 Å². The van der Waals surface area contributed by atoms with E-state index in [0.29, 0.717) is 18.5 Å². The molecule has 0 saturated carbocycles. The monoisotopic (exact) mass is 334 g/mol. The van der Waals surface area contributed by atoms with Crippen molar-refractivity contribution in [1.82, 2.24) is 19.9 Å². The third-order valence-electron chi connectivity index (χ3n) is 3.92. The maximum absolute atomic E-state index is 12.8. The molecule has 0 radical (unpaired) electrons. The van der Waals surface area contributed by atoms with Crippen LogP contribution in [0, 0.1) is 0 Å². The van der Waals surface area contributed by atoms with Gasteiger partial charge >= 0.3 is 0 Å². The number of carbonyl (C=O) groups is 1. The lowest BCUT2D eigenvalue weighted by Gasteiger charge is -2.26. The largest absolute Gasteiger partial charge is 0.335 e. The number of carbonyl (C=O) groups excluding carboxylic acids is 1. The fourth-order valence-electron chi connectivity index (χ4n) is 2.81. The summed E-state index contributed by atoms with van der Waals surface area (Å²) in [6.07, 6.45) is 3.74. The molecule has 0 bridgehead atoms. The van der Waals surface area contributed by atoms with Crippen LogP contribution in [0.2, 0.25) is 0 Å². The topological polar surface area (TPSA) is 85.2 Å². The van der Waals surface area contributed by atoms with Crippen LogP contribution in [-0.4, -0.2) is 58.3 Å². The van der Waals surface area contributed by atoms with Crippen molar-refractivity contribution < 1.29 is 13.2 Å². The summed E-state index contributed by atoms with van der Waals surface area (Å²) in [6, 6.07) is 6.76. The summed E-state index contributed by atoms with van der Waals surface area (Å²) >= 11 is 0. The summed E-state index contributed by atoms with van der Waals surface area (Å²) in [5.41, 5.74) is 1.26. The average molecular weight is 334 g/mol. The third kappa shape index (κ3) is 3.42. The molecule has 23 heavy (non-hydrogen) atoms. The van der Waals surface area contributed by atoms with Gasteiger partial charge in [-0.05, 0) is 31.5 Å². The van der Waals surface area contributed by atoms with Gasteiger partial charge in [-0.25, -0.2) is 13.1 Å². The van der Waals surface area contributed by atoms with Gasteiger partial charge in [0.1, 0.15) is 0 Å². The zero-order chi connectivity index (χ0) is 16.4. The zero-order valence-corrected chi connectivity index (χ0v) is 13.6. The Hall–Kier alpha value is -2.22. The highest BCUT2D eigenvalue weighted by molar-refractivity contribution is 7.91. The molecule has 3 rings (SSSR count). The van der Waals surface area contributed by atoms with E-state index in [1.807, 2.05) is 6.07 Å². The predicted octanol–water partition coefficient (Wildman–Crippen LogP) is 0.916. The third-order valence-corrected chi connectivity index (χ3v) is 5.82. The number of sulfone groups is 1. The minimum absolute atomic E-state index is 0.0154. The normalized spacial score (nSPS) is 20.9. The van der Waals surface area contributed by atoms with Crippen LogP contribution in [0.4, 0.5) is 0 Å². The minimum Gasteiger partial charge on any atom is -0.335 e. The number of aromatic nitrogens is 3. The number of benzene rings is 1. The first-order chi connectivity index (χ1) is 11.0. The molecule has 1 aromatic heterocycles. The van der Waals surface area contributed by atoms with Gasteiger partial charge in [-0.3, -0.25) is 4.79 Å². The molecule has 122 valence electrons. The summed E-state index contributed by atoms with van der Waals surface area (Å²) in [5, 5.41) is 7.67. The molecule has 1 aliphatic rings. The number of amides is 1. The molecule has 1 atom stereocenters. The van der Waals surface area contributed by atoms with Crippen molar-refractivity contribution in [2.75, 3.05) is 18.1 Å². The molecule has 7 nitrogen and oxygen atoms in total. The van der Waals surface area contributed by atoms with Crippen molar-refractivity contribution in [2.24, 2.45) is 0 Å². The van der Waals surface area contributed by atoms with Crippen molar-refractivity contribution in [2.45, 2.75) is 19.4 Å². The molecule has 2 heterocycles. The number of rotatable bonds is 2. The second-order valence-corrected chi connectivity index (χ2v) is 7.94. The Labute approximate surface area is 134 Å². The quantitative estimate of drug-likeness (QED) is 0.815. The number of hydrogen-bond acceptors (Lipinski definition) is 5. The van der Waals surface area contributed by atoms with Crippen LogP contribution in [0.3, 0.4) is 0 Å². The highest BCUT2D eigenvalue weighted by Gasteiger charge is 2.29. The standard InChI is InChI=1S/C15H18N4O3S/c1-12-11-23(21,22)9-3-7-18(12)15(20)13-4-2-5-14(10-13)19-8-6-16-17-19/h2,4-6,8,10,12H,3,7,9,11H2,1H3. The first-order valence-electron chi connectivity index (χ1n) is 7.44. The van der Waals surface area contributed by atoms with Gasteiger partial charge in [0, 0.05) is 18.2 Å². The lowest BCUT2D eigenvalue weighted by atomic mass is 10.1. The summed E-state index contributed by atoms with van der Waals surface area (Å²) in [7, 11) is -3.08. The van der Waals surface area contributed by atoms with Crippen molar-refractivity contribution in [3.63, 3.8) is 0 Å². The average Bonchev–Trinajstić information content (AvgIpc) is 3.00. The van der Waals surface area contributed by atoms with Gasteiger partial charge in [0.2, 0.25) is 0 Å². The fourth-order valence-corrected chi connectivity index (χ4v) is 4.46. The molecule has 1 fully saturated rings. The molecule has 1 saturated heterocycles. The summed E-state index contributed by atoms with van der Waals surface area (Å²) in [5.74, 6) is -0.00157. The van der Waals surface area contributed by atoms with Gasteiger partial charge in [0.25, 0.3) is 5.91 Å². The van der Waals surface area contributed by atoms with Gasteiger partial charge in [0.15, 0.2) is 9.84 Å². The van der Waals surface area contributed by atoms with E-state index < -0.39 is 9.84 Å². The molecular formula is C15H18N4O3S. The van der Waals surface area contributed by atoms with Crippen molar-refractivity contribution in [1.29, 1.82) is 0 Å². The van der Waals surface area contributed by atoms with Crippen LogP contribution in [0.15, 0.2) is 36.7 Å². The van der Waals surface area contributed by atoms with E-state index >= 15 is 0 Å². The van der Waals surface area contributed by atoms with E-state index in [-0.39, 0.29) is 23.5 Å². The predicted molar refractivity (Wildman–Crippen MR) is 85.1 cm³/mol. The molecule has 1 unspecified atom stereocenters. The van der Waals surface area contributed by atoms with E-state index in [4.69, 9.17) is 0 Å². The minimum atomic E-state index is -3.08. The molecule has 1 aliphatic heterocycles. The van der Waals surface area contributed by atoms with E-state index in [0.717, 1.165) is 5.69 Å². The molecule has 1 amide bonds. The van der Waals surface area contributed by atoms with Gasteiger partial charge in [-0.1, -0.05) is 11.3 Å². The van der Waals surface area contributed by atoms with Crippen LogP contribution < -0.4 is 0 Å². The maximum Gasteiger partial charge on any atom is 0.254 e. The lowest BCUT2D eigenvalue weighted by Crippen LogP contribution is -2.40. The SMILES string of the molecule is CC1CS(=O)(=O)CCCN1C(=O)c1cccc(-n2ccnn2)c1. The second kappa shape index (κ2) is 6.11. The molecule has 1 aromatic carbocycles. The molecule has 2 aromatic rings. The van der Waals surface area contributed by atoms with Crippen LogP contribution in [-0.2, 0) is 9.84 Å². The molecule has 0 aliphatic carbocycles.